The third-order valence-corrected chi connectivity index (χ3v) is 4.92. The van der Waals surface area contributed by atoms with E-state index in [1.807, 2.05) is 25.8 Å². The third-order valence-electron chi connectivity index (χ3n) is 3.87. The van der Waals surface area contributed by atoms with Crippen LogP contribution in [0.15, 0.2) is 46.5 Å². The predicted octanol–water partition coefficient (Wildman–Crippen LogP) is 4.84. The molecule has 0 bridgehead atoms. The van der Waals surface area contributed by atoms with Gasteiger partial charge in [-0.3, -0.25) is 0 Å². The van der Waals surface area contributed by atoms with Gasteiger partial charge in [0.2, 0.25) is 0 Å². The van der Waals surface area contributed by atoms with Crippen LogP contribution in [0.25, 0.3) is 0 Å². The highest BCUT2D eigenvalue weighted by Crippen LogP contribution is 2.43. The summed E-state index contributed by atoms with van der Waals surface area (Å²) in [7, 11) is 4.24. The Hall–Kier alpha value is -1.19. The molecule has 0 spiro atoms. The topological polar surface area (TPSA) is 15.3 Å². The molecule has 2 aliphatic rings. The van der Waals surface area contributed by atoms with Gasteiger partial charge in [-0.05, 0) is 61.5 Å². The number of hydrogen-bond acceptors (Lipinski definition) is 3. The number of nitrogens with one attached hydrogen (secondary N) is 1. The minimum atomic E-state index is 0.305. The second-order valence-electron chi connectivity index (χ2n) is 5.19. The molecule has 1 N–H and O–H groups in total. The fourth-order valence-electron chi connectivity index (χ4n) is 2.91. The van der Waals surface area contributed by atoms with Gasteiger partial charge in [0.1, 0.15) is 0 Å². The molecule has 0 fully saturated rings. The lowest BCUT2D eigenvalue weighted by Crippen LogP contribution is -2.21. The Morgan fingerprint density at radius 2 is 2.05 bits per heavy atom. The van der Waals surface area contributed by atoms with Crippen molar-refractivity contribution in [3.63, 3.8) is 0 Å². The van der Waals surface area contributed by atoms with Gasteiger partial charge in [-0.25, -0.2) is 0 Å². The van der Waals surface area contributed by atoms with Crippen molar-refractivity contribution in [1.82, 2.24) is 9.62 Å². The van der Waals surface area contributed by atoms with E-state index in [-0.39, 0.29) is 0 Å². The maximum atomic E-state index is 3.49. The molecular weight excluding hydrogens is 276 g/mol. The Bertz CT molecular complexity index is 560. The molecule has 1 atom stereocenters. The lowest BCUT2D eigenvalue weighted by molar-refractivity contribution is 0.603. The van der Waals surface area contributed by atoms with Gasteiger partial charge in [0.25, 0.3) is 0 Å². The number of likely N-dealkylation sites (N-methyl/N-ethyl adjacent to an activating group) is 1. The molecule has 21 heavy (non-hydrogen) atoms. The largest absolute Gasteiger partial charge is 0.319 e. The van der Waals surface area contributed by atoms with E-state index < -0.39 is 0 Å². The van der Waals surface area contributed by atoms with Crippen LogP contribution in [0, 0.1) is 6.92 Å². The van der Waals surface area contributed by atoms with Crippen molar-refractivity contribution < 1.29 is 0 Å². The molecule has 1 aliphatic heterocycles. The van der Waals surface area contributed by atoms with Crippen molar-refractivity contribution in [1.29, 1.82) is 0 Å². The SMILES string of the molecule is CC.CNC1C2=C(CCC=C2)N(C)Sc2cc(C)ccc21. The number of benzene rings is 1. The van der Waals surface area contributed by atoms with Crippen LogP contribution in [0.1, 0.15) is 43.9 Å². The Morgan fingerprint density at radius 3 is 2.76 bits per heavy atom. The summed E-state index contributed by atoms with van der Waals surface area (Å²) in [5, 5.41) is 3.49. The van der Waals surface area contributed by atoms with Gasteiger partial charge in [0.15, 0.2) is 0 Å². The molecule has 0 saturated carbocycles. The van der Waals surface area contributed by atoms with Crippen molar-refractivity contribution in [3.8, 4) is 0 Å². The predicted molar refractivity (Wildman–Crippen MR) is 93.3 cm³/mol. The quantitative estimate of drug-likeness (QED) is 0.747. The zero-order valence-electron chi connectivity index (χ0n) is 13.7. The molecule has 0 aromatic heterocycles. The number of nitrogens with zero attached hydrogens (tertiary/aromatic N) is 1. The van der Waals surface area contributed by atoms with Crippen LogP contribution in [0.4, 0.5) is 0 Å². The van der Waals surface area contributed by atoms with Gasteiger partial charge in [-0.2, -0.15) is 0 Å². The van der Waals surface area contributed by atoms with E-state index in [0.717, 1.165) is 12.8 Å². The Balaban J connectivity index is 0.000000774. The van der Waals surface area contributed by atoms with Crippen LogP contribution in [0.2, 0.25) is 0 Å². The highest BCUT2D eigenvalue weighted by atomic mass is 32.2. The first-order valence-corrected chi connectivity index (χ1v) is 8.57. The fraction of sp³-hybridized carbons (Fsp3) is 0.444. The molecule has 0 radical (unpaired) electrons. The molecule has 1 aromatic carbocycles. The van der Waals surface area contributed by atoms with Gasteiger partial charge >= 0.3 is 0 Å². The number of fused-ring (bicyclic) bond motifs is 1. The van der Waals surface area contributed by atoms with Crippen molar-refractivity contribution >= 4 is 11.9 Å². The third kappa shape index (κ3) is 3.19. The first kappa shape index (κ1) is 16.2. The van der Waals surface area contributed by atoms with E-state index in [2.05, 4.69) is 61.0 Å². The number of hydrogen-bond donors (Lipinski definition) is 1. The van der Waals surface area contributed by atoms with Crippen molar-refractivity contribution in [3.05, 3.63) is 52.7 Å². The van der Waals surface area contributed by atoms with Crippen molar-refractivity contribution in [2.45, 2.75) is 44.6 Å². The minimum absolute atomic E-state index is 0.305. The van der Waals surface area contributed by atoms with E-state index >= 15 is 0 Å². The summed E-state index contributed by atoms with van der Waals surface area (Å²) in [5.74, 6) is 0. The van der Waals surface area contributed by atoms with Crippen LogP contribution in [-0.2, 0) is 0 Å². The minimum Gasteiger partial charge on any atom is -0.319 e. The lowest BCUT2D eigenvalue weighted by Gasteiger charge is -2.25. The molecule has 1 unspecified atom stereocenters. The summed E-state index contributed by atoms with van der Waals surface area (Å²) in [5.41, 5.74) is 5.60. The smallest absolute Gasteiger partial charge is 0.0603 e. The summed E-state index contributed by atoms with van der Waals surface area (Å²) in [6.45, 7) is 6.16. The molecule has 3 rings (SSSR count). The lowest BCUT2D eigenvalue weighted by atomic mass is 9.92. The molecule has 3 heteroatoms. The molecule has 2 nitrogen and oxygen atoms in total. The molecule has 114 valence electrons. The summed E-state index contributed by atoms with van der Waals surface area (Å²) >= 11 is 1.85. The van der Waals surface area contributed by atoms with Gasteiger partial charge in [-0.1, -0.05) is 38.1 Å². The molecule has 1 aromatic rings. The van der Waals surface area contributed by atoms with Crippen molar-refractivity contribution in [2.24, 2.45) is 0 Å². The normalized spacial score (nSPS) is 20.2. The van der Waals surface area contributed by atoms with E-state index in [4.69, 9.17) is 0 Å². The van der Waals surface area contributed by atoms with Crippen molar-refractivity contribution in [2.75, 3.05) is 14.1 Å². The highest BCUT2D eigenvalue weighted by Gasteiger charge is 2.27. The van der Waals surface area contributed by atoms with Crippen LogP contribution in [0.3, 0.4) is 0 Å². The maximum Gasteiger partial charge on any atom is 0.0603 e. The van der Waals surface area contributed by atoms with Gasteiger partial charge in [0, 0.05) is 17.6 Å². The fourth-order valence-corrected chi connectivity index (χ4v) is 4.05. The number of aryl methyl sites for hydroxylation is 1. The molecule has 0 saturated heterocycles. The molecule has 0 amide bonds. The van der Waals surface area contributed by atoms with Crippen LogP contribution in [-0.4, -0.2) is 18.4 Å². The van der Waals surface area contributed by atoms with Crippen LogP contribution >= 0.6 is 11.9 Å². The Labute approximate surface area is 133 Å². The standard InChI is InChI=1S/C16H20N2S.C2H6/c1-11-8-9-13-15(10-11)19-18(3)14-7-5-4-6-12(14)16(13)17-2;1-2/h4,6,8-10,16-17H,5,7H2,1-3H3;1-2H3. The summed E-state index contributed by atoms with van der Waals surface area (Å²) in [6.07, 6.45) is 6.88. The van der Waals surface area contributed by atoms with Gasteiger partial charge in [0.05, 0.1) is 6.04 Å². The molecule has 1 heterocycles. The molecular formula is C18H26N2S. The average Bonchev–Trinajstić information content (AvgIpc) is 2.63. The number of allylic oxidation sites excluding steroid dienone is 2. The van der Waals surface area contributed by atoms with E-state index in [1.54, 1.807) is 0 Å². The summed E-state index contributed by atoms with van der Waals surface area (Å²) < 4.78 is 2.34. The average molecular weight is 302 g/mol. The number of rotatable bonds is 1. The van der Waals surface area contributed by atoms with Crippen LogP contribution in [0.5, 0.6) is 0 Å². The van der Waals surface area contributed by atoms with Gasteiger partial charge < -0.3 is 9.62 Å². The zero-order valence-corrected chi connectivity index (χ0v) is 14.6. The van der Waals surface area contributed by atoms with Gasteiger partial charge in [-0.15, -0.1) is 0 Å². The molecule has 1 aliphatic carbocycles. The highest BCUT2D eigenvalue weighted by molar-refractivity contribution is 7.97. The first-order valence-electron chi connectivity index (χ1n) is 7.80. The van der Waals surface area contributed by atoms with E-state index in [9.17, 15) is 0 Å². The summed E-state index contributed by atoms with van der Waals surface area (Å²) in [6, 6.07) is 7.08. The van der Waals surface area contributed by atoms with E-state index in [0.29, 0.717) is 6.04 Å². The van der Waals surface area contributed by atoms with E-state index in [1.165, 1.54) is 27.3 Å². The Morgan fingerprint density at radius 1 is 1.29 bits per heavy atom. The monoisotopic (exact) mass is 302 g/mol. The zero-order chi connectivity index (χ0) is 15.4. The van der Waals surface area contributed by atoms with Crippen LogP contribution < -0.4 is 5.32 Å². The first-order chi connectivity index (χ1) is 10.2. The second kappa shape index (κ2) is 7.19. The summed E-state index contributed by atoms with van der Waals surface area (Å²) in [4.78, 5) is 1.37. The second-order valence-corrected chi connectivity index (χ2v) is 6.36. The maximum absolute atomic E-state index is 3.49. The Kier molecular flexibility index (Phi) is 5.54.